The van der Waals surface area contributed by atoms with Crippen LogP contribution in [0.15, 0.2) is 72.8 Å². The van der Waals surface area contributed by atoms with Gasteiger partial charge in [-0.1, -0.05) is 0 Å². The Kier molecular flexibility index (Phi) is 6.27. The summed E-state index contributed by atoms with van der Waals surface area (Å²) < 4.78 is 12.1. The quantitative estimate of drug-likeness (QED) is 0.311. The van der Waals surface area contributed by atoms with Gasteiger partial charge in [0, 0.05) is 11.4 Å². The number of hydrogen-bond donors (Lipinski definition) is 2. The van der Waals surface area contributed by atoms with Crippen LogP contribution in [0.25, 0.3) is 0 Å². The molecular formula is C29H30N2O2. The van der Waals surface area contributed by atoms with E-state index < -0.39 is 0 Å². The predicted octanol–water partition coefficient (Wildman–Crippen LogP) is 7.26. The summed E-state index contributed by atoms with van der Waals surface area (Å²) in [6, 6.07) is 23.3. The minimum Gasteiger partial charge on any atom is -0.457 e. The van der Waals surface area contributed by atoms with Crippen LogP contribution in [-0.2, 0) is 6.42 Å². The van der Waals surface area contributed by atoms with Gasteiger partial charge in [0.05, 0.1) is 0 Å². The van der Waals surface area contributed by atoms with Crippen molar-refractivity contribution in [3.8, 4) is 23.0 Å². The first kappa shape index (κ1) is 22.3. The molecule has 4 rings (SSSR count). The smallest absolute Gasteiger partial charge is 0.127 e. The van der Waals surface area contributed by atoms with E-state index in [0.29, 0.717) is 0 Å². The Bertz CT molecular complexity index is 1130. The van der Waals surface area contributed by atoms with Crippen LogP contribution < -0.4 is 20.9 Å². The fourth-order valence-corrected chi connectivity index (χ4v) is 4.10. The fourth-order valence-electron chi connectivity index (χ4n) is 4.10. The normalized spacial score (nSPS) is 10.8. The minimum atomic E-state index is 0.723. The number of nitrogens with two attached hydrogens (primary N) is 2. The molecule has 0 atom stereocenters. The lowest BCUT2D eigenvalue weighted by atomic mass is 9.91. The first-order valence-corrected chi connectivity index (χ1v) is 11.1. The van der Waals surface area contributed by atoms with E-state index in [4.69, 9.17) is 20.9 Å². The van der Waals surface area contributed by atoms with Gasteiger partial charge in [-0.2, -0.15) is 0 Å². The predicted molar refractivity (Wildman–Crippen MR) is 136 cm³/mol. The van der Waals surface area contributed by atoms with Gasteiger partial charge in [0.15, 0.2) is 0 Å². The number of ether oxygens (including phenoxy) is 2. The van der Waals surface area contributed by atoms with Crippen molar-refractivity contribution < 1.29 is 9.47 Å². The zero-order chi connectivity index (χ0) is 23.5. The molecule has 0 aliphatic carbocycles. The number of benzene rings is 4. The molecule has 0 saturated carbocycles. The summed E-state index contributed by atoms with van der Waals surface area (Å²) in [5, 5.41) is 0. The average Bonchev–Trinajstić information content (AvgIpc) is 2.75. The lowest BCUT2D eigenvalue weighted by molar-refractivity contribution is 0.481. The van der Waals surface area contributed by atoms with E-state index in [-0.39, 0.29) is 0 Å². The highest BCUT2D eigenvalue weighted by Gasteiger charge is 2.13. The molecule has 0 amide bonds. The molecule has 0 saturated heterocycles. The van der Waals surface area contributed by atoms with Gasteiger partial charge >= 0.3 is 0 Å². The number of nitrogen functional groups attached to an aromatic ring is 2. The Labute approximate surface area is 195 Å². The van der Waals surface area contributed by atoms with Gasteiger partial charge in [-0.15, -0.1) is 0 Å². The van der Waals surface area contributed by atoms with Gasteiger partial charge in [-0.3, -0.25) is 0 Å². The second-order valence-corrected chi connectivity index (χ2v) is 8.59. The van der Waals surface area contributed by atoms with Crippen LogP contribution in [-0.4, -0.2) is 0 Å². The molecule has 4 N–H and O–H groups in total. The molecule has 4 nitrogen and oxygen atoms in total. The van der Waals surface area contributed by atoms with Crippen molar-refractivity contribution in [3.05, 3.63) is 106 Å². The highest BCUT2D eigenvalue weighted by molar-refractivity contribution is 5.51. The molecule has 0 fully saturated rings. The van der Waals surface area contributed by atoms with Crippen molar-refractivity contribution in [2.24, 2.45) is 0 Å². The second-order valence-electron chi connectivity index (χ2n) is 8.59. The highest BCUT2D eigenvalue weighted by atomic mass is 16.5. The first-order chi connectivity index (χ1) is 15.8. The van der Waals surface area contributed by atoms with Crippen LogP contribution in [0.3, 0.4) is 0 Å². The monoisotopic (exact) mass is 438 g/mol. The molecular weight excluding hydrogens is 408 g/mol. The second kappa shape index (κ2) is 9.29. The Hall–Kier alpha value is -3.92. The van der Waals surface area contributed by atoms with E-state index >= 15 is 0 Å². The lowest BCUT2D eigenvalue weighted by Crippen LogP contribution is -2.01. The summed E-state index contributed by atoms with van der Waals surface area (Å²) in [4.78, 5) is 0. The first-order valence-electron chi connectivity index (χ1n) is 11.1. The summed E-state index contributed by atoms with van der Waals surface area (Å²) in [7, 11) is 0. The molecule has 33 heavy (non-hydrogen) atoms. The number of anilines is 2. The maximum Gasteiger partial charge on any atom is 0.127 e. The van der Waals surface area contributed by atoms with Crippen LogP contribution in [0, 0.1) is 27.7 Å². The Balaban J connectivity index is 1.55. The molecule has 0 aromatic heterocycles. The van der Waals surface area contributed by atoms with Crippen LogP contribution in [0.2, 0.25) is 0 Å². The Morgan fingerprint density at radius 3 is 1.09 bits per heavy atom. The molecule has 168 valence electrons. The van der Waals surface area contributed by atoms with Crippen molar-refractivity contribution in [2.75, 3.05) is 11.5 Å². The van der Waals surface area contributed by atoms with E-state index in [1.54, 1.807) is 0 Å². The van der Waals surface area contributed by atoms with E-state index in [1.807, 2.05) is 48.5 Å². The summed E-state index contributed by atoms with van der Waals surface area (Å²) in [5.74, 6) is 3.22. The fraction of sp³-hybridized carbons (Fsp3) is 0.172. The molecule has 4 aromatic carbocycles. The zero-order valence-electron chi connectivity index (χ0n) is 19.6. The van der Waals surface area contributed by atoms with Crippen LogP contribution in [0.1, 0.15) is 33.4 Å². The third-order valence-corrected chi connectivity index (χ3v) is 5.92. The maximum absolute atomic E-state index is 6.05. The molecule has 0 aliphatic heterocycles. The topological polar surface area (TPSA) is 70.5 Å². The molecule has 0 unspecified atom stereocenters. The molecule has 4 aromatic rings. The van der Waals surface area contributed by atoms with Gasteiger partial charge in [-0.25, -0.2) is 0 Å². The minimum absolute atomic E-state index is 0.723. The Morgan fingerprint density at radius 2 is 0.788 bits per heavy atom. The van der Waals surface area contributed by atoms with E-state index in [1.165, 1.54) is 33.4 Å². The summed E-state index contributed by atoms with van der Waals surface area (Å²) in [6.45, 7) is 8.56. The van der Waals surface area contributed by atoms with Gasteiger partial charge in [0.25, 0.3) is 0 Å². The van der Waals surface area contributed by atoms with Crippen LogP contribution in [0.4, 0.5) is 11.4 Å². The van der Waals surface area contributed by atoms with Gasteiger partial charge in [0.2, 0.25) is 0 Å². The third-order valence-electron chi connectivity index (χ3n) is 5.92. The molecule has 4 heteroatoms. The van der Waals surface area contributed by atoms with Gasteiger partial charge < -0.3 is 20.9 Å². The Morgan fingerprint density at radius 1 is 0.485 bits per heavy atom. The standard InChI is InChI=1S/C29H30N2O2/c1-18-13-26(32-24-9-5-22(30)6-10-24)14-19(2)28(18)17-29-20(3)15-27(16-21(29)4)33-25-11-7-23(31)8-12-25/h5-16H,17,30-31H2,1-4H3. The van der Waals surface area contributed by atoms with Crippen LogP contribution >= 0.6 is 0 Å². The van der Waals surface area contributed by atoms with Crippen molar-refractivity contribution >= 4 is 11.4 Å². The molecule has 0 bridgehead atoms. The molecule has 0 heterocycles. The SMILES string of the molecule is Cc1cc(Oc2ccc(N)cc2)cc(C)c1Cc1c(C)cc(Oc2ccc(N)cc2)cc1C. The maximum atomic E-state index is 6.05. The number of aryl methyl sites for hydroxylation is 4. The number of rotatable bonds is 6. The van der Waals surface area contributed by atoms with Crippen molar-refractivity contribution in [2.45, 2.75) is 34.1 Å². The number of hydrogen-bond acceptors (Lipinski definition) is 4. The lowest BCUT2D eigenvalue weighted by Gasteiger charge is -2.17. The summed E-state index contributed by atoms with van der Waals surface area (Å²) in [5.41, 5.74) is 20.5. The average molecular weight is 439 g/mol. The van der Waals surface area contributed by atoms with Gasteiger partial charge in [-0.05, 0) is 140 Å². The molecule has 0 radical (unpaired) electrons. The van der Waals surface area contributed by atoms with E-state index in [9.17, 15) is 0 Å². The van der Waals surface area contributed by atoms with Crippen molar-refractivity contribution in [3.63, 3.8) is 0 Å². The largest absolute Gasteiger partial charge is 0.457 e. The third kappa shape index (κ3) is 5.29. The van der Waals surface area contributed by atoms with Gasteiger partial charge in [0.1, 0.15) is 23.0 Å². The van der Waals surface area contributed by atoms with Crippen molar-refractivity contribution in [1.29, 1.82) is 0 Å². The van der Waals surface area contributed by atoms with E-state index in [2.05, 4.69) is 52.0 Å². The van der Waals surface area contributed by atoms with Crippen LogP contribution in [0.5, 0.6) is 23.0 Å². The van der Waals surface area contributed by atoms with Crippen molar-refractivity contribution in [1.82, 2.24) is 0 Å². The summed E-state index contributed by atoms with van der Waals surface area (Å²) in [6.07, 6.45) is 0.861. The zero-order valence-corrected chi connectivity index (χ0v) is 19.6. The highest BCUT2D eigenvalue weighted by Crippen LogP contribution is 2.32. The van der Waals surface area contributed by atoms with E-state index in [0.717, 1.165) is 40.8 Å². The molecule has 0 spiro atoms. The molecule has 0 aliphatic rings. The summed E-state index contributed by atoms with van der Waals surface area (Å²) >= 11 is 0.